The predicted molar refractivity (Wildman–Crippen MR) is 82.5 cm³/mol. The Hall–Kier alpha value is -0.610. The highest BCUT2D eigenvalue weighted by atomic mass is 16.2. The third-order valence-corrected chi connectivity index (χ3v) is 5.14. The van der Waals surface area contributed by atoms with Crippen LogP contribution in [-0.2, 0) is 4.79 Å². The molecule has 1 heterocycles. The van der Waals surface area contributed by atoms with Crippen molar-refractivity contribution in [2.75, 3.05) is 26.2 Å². The van der Waals surface area contributed by atoms with Crippen molar-refractivity contribution in [3.05, 3.63) is 0 Å². The first-order valence-electron chi connectivity index (χ1n) is 8.39. The van der Waals surface area contributed by atoms with Gasteiger partial charge in [0, 0.05) is 25.2 Å². The summed E-state index contributed by atoms with van der Waals surface area (Å²) in [5.74, 6) is 0.895. The molecule has 0 aromatic heterocycles. The summed E-state index contributed by atoms with van der Waals surface area (Å²) in [7, 11) is 0. The van der Waals surface area contributed by atoms with Crippen LogP contribution in [0.25, 0.3) is 0 Å². The molecular formula is C16H31N3O. The minimum Gasteiger partial charge on any atom is -0.339 e. The van der Waals surface area contributed by atoms with Gasteiger partial charge in [-0.15, -0.1) is 0 Å². The van der Waals surface area contributed by atoms with E-state index in [1.54, 1.807) is 0 Å². The Kier molecular flexibility index (Phi) is 5.85. The fraction of sp³-hybridized carbons (Fsp3) is 0.938. The molecule has 2 atom stereocenters. The maximum atomic E-state index is 12.6. The van der Waals surface area contributed by atoms with E-state index in [2.05, 4.69) is 23.6 Å². The molecule has 1 saturated heterocycles. The summed E-state index contributed by atoms with van der Waals surface area (Å²) in [5, 5.41) is 0. The van der Waals surface area contributed by atoms with Gasteiger partial charge in [-0.3, -0.25) is 9.69 Å². The number of hydrogen-bond acceptors (Lipinski definition) is 3. The number of nitrogens with two attached hydrogens (primary N) is 1. The van der Waals surface area contributed by atoms with E-state index in [0.717, 1.165) is 26.1 Å². The lowest BCUT2D eigenvalue weighted by Gasteiger charge is -2.35. The first kappa shape index (κ1) is 15.8. The Labute approximate surface area is 123 Å². The lowest BCUT2D eigenvalue weighted by atomic mass is 9.94. The molecule has 0 bridgehead atoms. The van der Waals surface area contributed by atoms with Crippen molar-refractivity contribution >= 4 is 5.91 Å². The molecule has 20 heavy (non-hydrogen) atoms. The Morgan fingerprint density at radius 2 is 2.00 bits per heavy atom. The lowest BCUT2D eigenvalue weighted by Crippen LogP contribution is -2.47. The van der Waals surface area contributed by atoms with Crippen LogP contribution in [0.3, 0.4) is 0 Å². The third kappa shape index (κ3) is 3.73. The molecule has 4 heteroatoms. The van der Waals surface area contributed by atoms with Crippen LogP contribution in [0.1, 0.15) is 52.4 Å². The van der Waals surface area contributed by atoms with Gasteiger partial charge >= 0.3 is 0 Å². The minimum absolute atomic E-state index is 0.323. The second-order valence-electron chi connectivity index (χ2n) is 6.59. The van der Waals surface area contributed by atoms with E-state index in [0.29, 0.717) is 30.5 Å². The van der Waals surface area contributed by atoms with E-state index in [-0.39, 0.29) is 0 Å². The molecule has 1 amide bonds. The van der Waals surface area contributed by atoms with Gasteiger partial charge in [0.1, 0.15) is 0 Å². The highest BCUT2D eigenvalue weighted by Crippen LogP contribution is 2.25. The van der Waals surface area contributed by atoms with Crippen molar-refractivity contribution in [3.63, 3.8) is 0 Å². The third-order valence-electron chi connectivity index (χ3n) is 5.14. The van der Waals surface area contributed by atoms with Crippen LogP contribution >= 0.6 is 0 Å². The van der Waals surface area contributed by atoms with Crippen LogP contribution in [-0.4, -0.2) is 54.0 Å². The molecule has 0 aromatic rings. The predicted octanol–water partition coefficient (Wildman–Crippen LogP) is 1.84. The molecular weight excluding hydrogens is 250 g/mol. The Morgan fingerprint density at radius 3 is 2.55 bits per heavy atom. The number of nitrogens with zero attached hydrogens (tertiary/aromatic N) is 2. The van der Waals surface area contributed by atoms with Crippen LogP contribution < -0.4 is 5.73 Å². The number of rotatable bonds is 5. The van der Waals surface area contributed by atoms with Gasteiger partial charge in [-0.2, -0.15) is 0 Å². The van der Waals surface area contributed by atoms with Crippen LogP contribution in [0.15, 0.2) is 0 Å². The summed E-state index contributed by atoms with van der Waals surface area (Å²) in [6.07, 6.45) is 7.43. The second-order valence-corrected chi connectivity index (χ2v) is 6.59. The van der Waals surface area contributed by atoms with Crippen molar-refractivity contribution in [2.24, 2.45) is 11.7 Å². The van der Waals surface area contributed by atoms with E-state index in [1.807, 2.05) is 0 Å². The van der Waals surface area contributed by atoms with Gasteiger partial charge in [0.2, 0.25) is 5.91 Å². The zero-order valence-corrected chi connectivity index (χ0v) is 13.2. The first-order chi connectivity index (χ1) is 9.65. The Morgan fingerprint density at radius 1 is 1.30 bits per heavy atom. The van der Waals surface area contributed by atoms with Crippen LogP contribution in [0.4, 0.5) is 0 Å². The summed E-state index contributed by atoms with van der Waals surface area (Å²) in [6, 6.07) is 0.988. The van der Waals surface area contributed by atoms with Gasteiger partial charge in [-0.05, 0) is 45.6 Å². The van der Waals surface area contributed by atoms with Crippen molar-refractivity contribution in [3.8, 4) is 0 Å². The first-order valence-corrected chi connectivity index (χ1v) is 8.39. The molecule has 2 rings (SSSR count). The molecule has 0 aromatic carbocycles. The topological polar surface area (TPSA) is 49.6 Å². The van der Waals surface area contributed by atoms with Crippen molar-refractivity contribution < 1.29 is 4.79 Å². The smallest absolute Gasteiger partial charge is 0.236 e. The van der Waals surface area contributed by atoms with E-state index in [9.17, 15) is 4.79 Å². The van der Waals surface area contributed by atoms with Crippen molar-refractivity contribution in [2.45, 2.75) is 64.5 Å². The maximum Gasteiger partial charge on any atom is 0.236 e. The summed E-state index contributed by atoms with van der Waals surface area (Å²) in [5.41, 5.74) is 5.77. The average molecular weight is 281 g/mol. The van der Waals surface area contributed by atoms with Gasteiger partial charge < -0.3 is 10.6 Å². The monoisotopic (exact) mass is 281 g/mol. The lowest BCUT2D eigenvalue weighted by molar-refractivity contribution is -0.135. The largest absolute Gasteiger partial charge is 0.339 e. The maximum absolute atomic E-state index is 12.6. The standard InChI is InChI=1S/C16H31N3O/c1-3-19(15-7-5-4-6-8-15)16(20)12-18-11-14(10-17)9-13(18)2/h13-15H,3-12,17H2,1-2H3. The van der Waals surface area contributed by atoms with Gasteiger partial charge in [-0.25, -0.2) is 0 Å². The Balaban J connectivity index is 1.88. The summed E-state index contributed by atoms with van der Waals surface area (Å²) in [6.45, 7) is 7.51. The number of likely N-dealkylation sites (tertiary alicyclic amines) is 1. The summed E-state index contributed by atoms with van der Waals surface area (Å²) in [4.78, 5) is 17.1. The van der Waals surface area contributed by atoms with Crippen LogP contribution in [0.2, 0.25) is 0 Å². The molecule has 2 N–H and O–H groups in total. The number of hydrogen-bond donors (Lipinski definition) is 1. The molecule has 2 aliphatic rings. The van der Waals surface area contributed by atoms with Crippen molar-refractivity contribution in [1.29, 1.82) is 0 Å². The average Bonchev–Trinajstić information content (AvgIpc) is 2.81. The SMILES string of the molecule is CCN(C(=O)CN1CC(CN)CC1C)C1CCCCC1. The normalized spacial score (nSPS) is 28.8. The molecule has 116 valence electrons. The van der Waals surface area contributed by atoms with E-state index >= 15 is 0 Å². The molecule has 2 fully saturated rings. The molecule has 4 nitrogen and oxygen atoms in total. The van der Waals surface area contributed by atoms with Gasteiger partial charge in [0.15, 0.2) is 0 Å². The van der Waals surface area contributed by atoms with E-state index in [1.165, 1.54) is 32.1 Å². The molecule has 1 saturated carbocycles. The number of amides is 1. The quantitative estimate of drug-likeness (QED) is 0.836. The highest BCUT2D eigenvalue weighted by Gasteiger charge is 2.32. The summed E-state index contributed by atoms with van der Waals surface area (Å²) >= 11 is 0. The molecule has 2 unspecified atom stereocenters. The summed E-state index contributed by atoms with van der Waals surface area (Å²) < 4.78 is 0. The molecule has 1 aliphatic carbocycles. The second kappa shape index (κ2) is 7.41. The number of likely N-dealkylation sites (N-methyl/N-ethyl adjacent to an activating group) is 1. The Bertz CT molecular complexity index is 315. The van der Waals surface area contributed by atoms with Gasteiger partial charge in [0.05, 0.1) is 6.54 Å². The van der Waals surface area contributed by atoms with Gasteiger partial charge in [-0.1, -0.05) is 19.3 Å². The molecule has 0 spiro atoms. The number of carbonyl (C=O) groups excluding carboxylic acids is 1. The minimum atomic E-state index is 0.323. The van der Waals surface area contributed by atoms with E-state index in [4.69, 9.17) is 5.73 Å². The fourth-order valence-corrected chi connectivity index (χ4v) is 3.90. The van der Waals surface area contributed by atoms with Crippen molar-refractivity contribution in [1.82, 2.24) is 9.80 Å². The number of carbonyl (C=O) groups is 1. The van der Waals surface area contributed by atoms with Gasteiger partial charge in [0.25, 0.3) is 0 Å². The highest BCUT2D eigenvalue weighted by molar-refractivity contribution is 5.78. The zero-order chi connectivity index (χ0) is 14.5. The molecule has 1 aliphatic heterocycles. The van der Waals surface area contributed by atoms with Crippen LogP contribution in [0, 0.1) is 5.92 Å². The zero-order valence-electron chi connectivity index (χ0n) is 13.2. The fourth-order valence-electron chi connectivity index (χ4n) is 3.90. The molecule has 0 radical (unpaired) electrons. The van der Waals surface area contributed by atoms with Crippen LogP contribution in [0.5, 0.6) is 0 Å². The van der Waals surface area contributed by atoms with E-state index < -0.39 is 0 Å².